The van der Waals surface area contributed by atoms with Crippen LogP contribution in [0.3, 0.4) is 0 Å². The van der Waals surface area contributed by atoms with Crippen molar-refractivity contribution >= 4 is 5.82 Å². The van der Waals surface area contributed by atoms with E-state index in [-0.39, 0.29) is 5.60 Å². The zero-order valence-corrected chi connectivity index (χ0v) is 11.9. The molecule has 100 valence electrons. The summed E-state index contributed by atoms with van der Waals surface area (Å²) in [5, 5.41) is 0. The highest BCUT2D eigenvalue weighted by Gasteiger charge is 2.31. The lowest BCUT2D eigenvalue weighted by Gasteiger charge is -2.40. The molecule has 4 heteroatoms. The van der Waals surface area contributed by atoms with Gasteiger partial charge in [-0.15, -0.1) is 0 Å². The van der Waals surface area contributed by atoms with Crippen LogP contribution >= 0.6 is 0 Å². The lowest BCUT2D eigenvalue weighted by Crippen LogP contribution is -2.50. The van der Waals surface area contributed by atoms with Crippen molar-refractivity contribution in [2.45, 2.75) is 46.1 Å². The SMILES string of the molecule is CCc1cc(N2CCOC(C)(CC)C2)nc(C)n1. The van der Waals surface area contributed by atoms with Crippen molar-refractivity contribution in [2.24, 2.45) is 0 Å². The number of aromatic nitrogens is 2. The van der Waals surface area contributed by atoms with E-state index in [1.54, 1.807) is 0 Å². The molecule has 1 aromatic heterocycles. The molecule has 2 heterocycles. The van der Waals surface area contributed by atoms with E-state index >= 15 is 0 Å². The van der Waals surface area contributed by atoms with Crippen molar-refractivity contribution in [1.29, 1.82) is 0 Å². The molecule has 0 bridgehead atoms. The van der Waals surface area contributed by atoms with Crippen LogP contribution in [0, 0.1) is 6.92 Å². The molecule has 1 fully saturated rings. The third-order valence-electron chi connectivity index (χ3n) is 3.65. The molecule has 4 nitrogen and oxygen atoms in total. The van der Waals surface area contributed by atoms with Gasteiger partial charge in [-0.25, -0.2) is 9.97 Å². The van der Waals surface area contributed by atoms with Gasteiger partial charge in [0, 0.05) is 24.8 Å². The van der Waals surface area contributed by atoms with Crippen LogP contribution in [-0.4, -0.2) is 35.3 Å². The van der Waals surface area contributed by atoms with Crippen LogP contribution < -0.4 is 4.90 Å². The Morgan fingerprint density at radius 2 is 2.17 bits per heavy atom. The molecule has 2 rings (SSSR count). The molecule has 1 aliphatic rings. The van der Waals surface area contributed by atoms with Crippen LogP contribution in [-0.2, 0) is 11.2 Å². The summed E-state index contributed by atoms with van der Waals surface area (Å²) in [7, 11) is 0. The average Bonchev–Trinajstić information content (AvgIpc) is 2.38. The first-order chi connectivity index (χ1) is 8.56. The molecule has 0 amide bonds. The molecule has 0 radical (unpaired) electrons. The van der Waals surface area contributed by atoms with Gasteiger partial charge in [-0.1, -0.05) is 13.8 Å². The first kappa shape index (κ1) is 13.3. The van der Waals surface area contributed by atoms with Gasteiger partial charge in [0.05, 0.1) is 12.2 Å². The highest BCUT2D eigenvalue weighted by atomic mass is 16.5. The van der Waals surface area contributed by atoms with Crippen molar-refractivity contribution in [2.75, 3.05) is 24.6 Å². The lowest BCUT2D eigenvalue weighted by molar-refractivity contribution is -0.0443. The summed E-state index contributed by atoms with van der Waals surface area (Å²) < 4.78 is 5.87. The Labute approximate surface area is 109 Å². The Hall–Kier alpha value is -1.16. The van der Waals surface area contributed by atoms with E-state index in [4.69, 9.17) is 4.74 Å². The van der Waals surface area contributed by atoms with Gasteiger partial charge in [0.25, 0.3) is 0 Å². The maximum Gasteiger partial charge on any atom is 0.132 e. The fourth-order valence-electron chi connectivity index (χ4n) is 2.30. The maximum absolute atomic E-state index is 5.87. The van der Waals surface area contributed by atoms with Gasteiger partial charge in [0.1, 0.15) is 11.6 Å². The smallest absolute Gasteiger partial charge is 0.132 e. The summed E-state index contributed by atoms with van der Waals surface area (Å²) in [5.41, 5.74) is 1.06. The summed E-state index contributed by atoms with van der Waals surface area (Å²) >= 11 is 0. The van der Waals surface area contributed by atoms with Gasteiger partial charge in [-0.3, -0.25) is 0 Å². The second-order valence-electron chi connectivity index (χ2n) is 5.19. The van der Waals surface area contributed by atoms with Crippen LogP contribution in [0.4, 0.5) is 5.82 Å². The van der Waals surface area contributed by atoms with E-state index in [0.717, 1.165) is 49.9 Å². The monoisotopic (exact) mass is 249 g/mol. The van der Waals surface area contributed by atoms with Crippen molar-refractivity contribution in [1.82, 2.24) is 9.97 Å². The zero-order chi connectivity index (χ0) is 13.2. The van der Waals surface area contributed by atoms with Gasteiger partial charge in [-0.05, 0) is 26.7 Å². The fraction of sp³-hybridized carbons (Fsp3) is 0.714. The summed E-state index contributed by atoms with van der Waals surface area (Å²) in [6.45, 7) is 11.0. The number of aryl methyl sites for hydroxylation is 2. The number of rotatable bonds is 3. The maximum atomic E-state index is 5.87. The Bertz CT molecular complexity index is 422. The van der Waals surface area contributed by atoms with Crippen molar-refractivity contribution < 1.29 is 4.74 Å². The molecule has 18 heavy (non-hydrogen) atoms. The largest absolute Gasteiger partial charge is 0.372 e. The zero-order valence-electron chi connectivity index (χ0n) is 11.9. The summed E-state index contributed by atoms with van der Waals surface area (Å²) in [6, 6.07) is 2.11. The minimum Gasteiger partial charge on any atom is -0.372 e. The predicted octanol–water partition coefficient (Wildman–Crippen LogP) is 2.35. The Morgan fingerprint density at radius 3 is 2.83 bits per heavy atom. The molecule has 0 aliphatic carbocycles. The molecule has 1 saturated heterocycles. The Morgan fingerprint density at radius 1 is 1.39 bits per heavy atom. The molecule has 0 saturated carbocycles. The van der Waals surface area contributed by atoms with Crippen LogP contribution in [0.5, 0.6) is 0 Å². The van der Waals surface area contributed by atoms with Gasteiger partial charge >= 0.3 is 0 Å². The van der Waals surface area contributed by atoms with Gasteiger partial charge in [0.15, 0.2) is 0 Å². The van der Waals surface area contributed by atoms with Crippen LogP contribution in [0.15, 0.2) is 6.07 Å². The number of hydrogen-bond acceptors (Lipinski definition) is 4. The summed E-state index contributed by atoms with van der Waals surface area (Å²) in [4.78, 5) is 11.3. The fourth-order valence-corrected chi connectivity index (χ4v) is 2.30. The molecule has 1 aliphatic heterocycles. The topological polar surface area (TPSA) is 38.2 Å². The normalized spacial score (nSPS) is 24.3. The van der Waals surface area contributed by atoms with Crippen LogP contribution in [0.1, 0.15) is 38.7 Å². The van der Waals surface area contributed by atoms with Crippen molar-refractivity contribution in [3.05, 3.63) is 17.6 Å². The third-order valence-corrected chi connectivity index (χ3v) is 3.65. The van der Waals surface area contributed by atoms with Crippen molar-refractivity contribution in [3.8, 4) is 0 Å². The number of nitrogens with zero attached hydrogens (tertiary/aromatic N) is 3. The third kappa shape index (κ3) is 2.80. The predicted molar refractivity (Wildman–Crippen MR) is 73.0 cm³/mol. The molecule has 0 spiro atoms. The molecule has 1 aromatic rings. The molecule has 1 atom stereocenters. The molecular weight excluding hydrogens is 226 g/mol. The Kier molecular flexibility index (Phi) is 3.85. The second kappa shape index (κ2) is 5.22. The van der Waals surface area contributed by atoms with E-state index in [1.807, 2.05) is 6.92 Å². The first-order valence-electron chi connectivity index (χ1n) is 6.80. The highest BCUT2D eigenvalue weighted by molar-refractivity contribution is 5.41. The number of hydrogen-bond donors (Lipinski definition) is 0. The standard InChI is InChI=1S/C14H23N3O/c1-5-12-9-13(16-11(3)15-12)17-7-8-18-14(4,6-2)10-17/h9H,5-8,10H2,1-4H3. The second-order valence-corrected chi connectivity index (χ2v) is 5.19. The van der Waals surface area contributed by atoms with Gasteiger partial charge in [0.2, 0.25) is 0 Å². The highest BCUT2D eigenvalue weighted by Crippen LogP contribution is 2.24. The lowest BCUT2D eigenvalue weighted by atomic mass is 10.0. The molecular formula is C14H23N3O. The van der Waals surface area contributed by atoms with E-state index in [1.165, 1.54) is 0 Å². The van der Waals surface area contributed by atoms with Crippen LogP contribution in [0.2, 0.25) is 0 Å². The molecule has 0 N–H and O–H groups in total. The first-order valence-corrected chi connectivity index (χ1v) is 6.80. The van der Waals surface area contributed by atoms with Crippen molar-refractivity contribution in [3.63, 3.8) is 0 Å². The Balaban J connectivity index is 2.23. The number of ether oxygens (including phenoxy) is 1. The molecule has 0 aromatic carbocycles. The quantitative estimate of drug-likeness (QED) is 0.824. The number of morpholine rings is 1. The van der Waals surface area contributed by atoms with E-state index in [9.17, 15) is 0 Å². The van der Waals surface area contributed by atoms with Gasteiger partial charge < -0.3 is 9.64 Å². The minimum atomic E-state index is -0.0521. The van der Waals surface area contributed by atoms with Gasteiger partial charge in [-0.2, -0.15) is 0 Å². The van der Waals surface area contributed by atoms with Crippen LogP contribution in [0.25, 0.3) is 0 Å². The number of anilines is 1. The minimum absolute atomic E-state index is 0.0521. The van der Waals surface area contributed by atoms with E-state index in [0.29, 0.717) is 0 Å². The van der Waals surface area contributed by atoms with E-state index in [2.05, 4.69) is 41.7 Å². The average molecular weight is 249 g/mol. The van der Waals surface area contributed by atoms with E-state index < -0.39 is 0 Å². The molecule has 1 unspecified atom stereocenters. The summed E-state index contributed by atoms with van der Waals surface area (Å²) in [6.07, 6.45) is 1.97. The summed E-state index contributed by atoms with van der Waals surface area (Å²) in [5.74, 6) is 1.90.